The smallest absolute Gasteiger partial charge is 0.323 e. The molecule has 2 aliphatic rings. The second kappa shape index (κ2) is 5.59. The molecule has 0 bridgehead atoms. The van der Waals surface area contributed by atoms with Gasteiger partial charge in [0.25, 0.3) is 0 Å². The van der Waals surface area contributed by atoms with Crippen LogP contribution in [-0.2, 0) is 14.4 Å². The molecule has 1 saturated carbocycles. The Bertz CT molecular complexity index is 392. The Balaban J connectivity index is 1.98. The van der Waals surface area contributed by atoms with Gasteiger partial charge in [0.15, 0.2) is 0 Å². The molecular weight excluding hydrogens is 248 g/mol. The van der Waals surface area contributed by atoms with Crippen molar-refractivity contribution in [2.75, 3.05) is 26.2 Å². The Labute approximate surface area is 112 Å². The third-order valence-electron chi connectivity index (χ3n) is 3.76. The van der Waals surface area contributed by atoms with Crippen LogP contribution in [0.5, 0.6) is 0 Å². The van der Waals surface area contributed by atoms with Gasteiger partial charge in [-0.3, -0.25) is 14.4 Å². The van der Waals surface area contributed by atoms with E-state index in [-0.39, 0.29) is 30.7 Å². The summed E-state index contributed by atoms with van der Waals surface area (Å²) >= 11 is 0. The molecule has 1 saturated heterocycles. The van der Waals surface area contributed by atoms with Crippen molar-refractivity contribution in [3.63, 3.8) is 0 Å². The van der Waals surface area contributed by atoms with E-state index in [2.05, 4.69) is 0 Å². The lowest BCUT2D eigenvalue weighted by Gasteiger charge is -2.23. The summed E-state index contributed by atoms with van der Waals surface area (Å²) in [6.07, 6.45) is 2.34. The maximum absolute atomic E-state index is 12.3. The number of nitrogens with zero attached hydrogens (tertiary/aromatic N) is 2. The first-order valence-corrected chi connectivity index (χ1v) is 6.79. The van der Waals surface area contributed by atoms with Crippen LogP contribution < -0.4 is 0 Å². The predicted octanol–water partition coefficient (Wildman–Crippen LogP) is 0.178. The zero-order valence-electron chi connectivity index (χ0n) is 11.2. The summed E-state index contributed by atoms with van der Waals surface area (Å²) in [7, 11) is 0. The van der Waals surface area contributed by atoms with Crippen molar-refractivity contribution in [2.24, 2.45) is 11.8 Å². The molecule has 1 aliphatic carbocycles. The van der Waals surface area contributed by atoms with Crippen LogP contribution in [0.25, 0.3) is 0 Å². The van der Waals surface area contributed by atoms with Gasteiger partial charge in [0.2, 0.25) is 11.8 Å². The lowest BCUT2D eigenvalue weighted by molar-refractivity contribution is -0.146. The average Bonchev–Trinajstić information content (AvgIpc) is 3.08. The Morgan fingerprint density at radius 1 is 1.42 bits per heavy atom. The molecule has 1 heterocycles. The molecule has 0 aromatic carbocycles. The highest BCUT2D eigenvalue weighted by molar-refractivity contribution is 5.90. The molecule has 0 aromatic heterocycles. The maximum Gasteiger partial charge on any atom is 0.323 e. The number of likely N-dealkylation sites (tertiary alicyclic amines) is 1. The molecule has 1 aliphatic heterocycles. The first-order chi connectivity index (χ1) is 9.01. The first-order valence-electron chi connectivity index (χ1n) is 6.79. The third kappa shape index (κ3) is 3.45. The molecule has 1 atom stereocenters. The highest BCUT2D eigenvalue weighted by Gasteiger charge is 2.37. The number of aliphatic carboxylic acids is 1. The number of carboxylic acid groups (broad SMARTS) is 1. The van der Waals surface area contributed by atoms with Crippen LogP contribution in [0.4, 0.5) is 0 Å². The van der Waals surface area contributed by atoms with Crippen molar-refractivity contribution in [3.8, 4) is 0 Å². The van der Waals surface area contributed by atoms with Gasteiger partial charge in [-0.2, -0.15) is 0 Å². The van der Waals surface area contributed by atoms with Gasteiger partial charge in [-0.05, 0) is 25.7 Å². The standard InChI is InChI=1S/C13H20N2O4/c1-2-14-7-10(5-11(14)16)13(19)15(8-12(17)18)6-9-3-4-9/h9-10H,2-8H2,1H3,(H,17,18). The van der Waals surface area contributed by atoms with Crippen LogP contribution in [0.15, 0.2) is 0 Å². The van der Waals surface area contributed by atoms with Crippen LogP contribution in [0.1, 0.15) is 26.2 Å². The number of hydrogen-bond donors (Lipinski definition) is 1. The second-order valence-electron chi connectivity index (χ2n) is 5.39. The molecule has 1 N–H and O–H groups in total. The summed E-state index contributed by atoms with van der Waals surface area (Å²) in [5.74, 6) is -1.11. The van der Waals surface area contributed by atoms with Gasteiger partial charge in [0, 0.05) is 26.1 Å². The highest BCUT2D eigenvalue weighted by Crippen LogP contribution is 2.30. The van der Waals surface area contributed by atoms with E-state index in [1.54, 1.807) is 4.90 Å². The fourth-order valence-electron chi connectivity index (χ4n) is 2.51. The molecule has 1 unspecified atom stereocenters. The number of amides is 2. The molecule has 0 radical (unpaired) electrons. The summed E-state index contributed by atoms with van der Waals surface area (Å²) in [4.78, 5) is 37.9. The lowest BCUT2D eigenvalue weighted by atomic mass is 10.1. The van der Waals surface area contributed by atoms with E-state index in [9.17, 15) is 14.4 Å². The van der Waals surface area contributed by atoms with Gasteiger partial charge in [0.1, 0.15) is 6.54 Å². The quantitative estimate of drug-likeness (QED) is 0.745. The summed E-state index contributed by atoms with van der Waals surface area (Å²) in [6.45, 7) is 3.16. The van der Waals surface area contributed by atoms with Crippen molar-refractivity contribution in [2.45, 2.75) is 26.2 Å². The third-order valence-corrected chi connectivity index (χ3v) is 3.76. The molecular formula is C13H20N2O4. The van der Waals surface area contributed by atoms with E-state index in [1.165, 1.54) is 4.90 Å². The summed E-state index contributed by atoms with van der Waals surface area (Å²) in [5, 5.41) is 8.89. The largest absolute Gasteiger partial charge is 0.480 e. The monoisotopic (exact) mass is 268 g/mol. The zero-order valence-corrected chi connectivity index (χ0v) is 11.2. The van der Waals surface area contributed by atoms with Gasteiger partial charge >= 0.3 is 5.97 Å². The molecule has 2 amide bonds. The minimum absolute atomic E-state index is 0.0115. The molecule has 6 nitrogen and oxygen atoms in total. The van der Waals surface area contributed by atoms with Gasteiger partial charge < -0.3 is 14.9 Å². The van der Waals surface area contributed by atoms with E-state index in [0.29, 0.717) is 25.6 Å². The van der Waals surface area contributed by atoms with Gasteiger partial charge in [-0.1, -0.05) is 0 Å². The van der Waals surface area contributed by atoms with Crippen molar-refractivity contribution < 1.29 is 19.5 Å². The SMILES string of the molecule is CCN1CC(C(=O)N(CC(=O)O)CC2CC2)CC1=O. The second-order valence-corrected chi connectivity index (χ2v) is 5.39. The summed E-state index contributed by atoms with van der Waals surface area (Å²) in [6, 6.07) is 0. The van der Waals surface area contributed by atoms with Crippen molar-refractivity contribution in [3.05, 3.63) is 0 Å². The Morgan fingerprint density at radius 2 is 2.11 bits per heavy atom. The Hall–Kier alpha value is -1.59. The number of hydrogen-bond acceptors (Lipinski definition) is 3. The zero-order chi connectivity index (χ0) is 14.0. The van der Waals surface area contributed by atoms with Gasteiger partial charge in [0.05, 0.1) is 5.92 Å². The van der Waals surface area contributed by atoms with Gasteiger partial charge in [-0.25, -0.2) is 0 Å². The topological polar surface area (TPSA) is 77.9 Å². The van der Waals surface area contributed by atoms with Crippen LogP contribution in [0.2, 0.25) is 0 Å². The number of carbonyl (C=O) groups excluding carboxylic acids is 2. The van der Waals surface area contributed by atoms with Crippen LogP contribution in [0.3, 0.4) is 0 Å². The predicted molar refractivity (Wildman–Crippen MR) is 67.3 cm³/mol. The van der Waals surface area contributed by atoms with Crippen molar-refractivity contribution in [1.82, 2.24) is 9.80 Å². The van der Waals surface area contributed by atoms with E-state index in [1.807, 2.05) is 6.92 Å². The molecule has 0 aromatic rings. The summed E-state index contributed by atoms with van der Waals surface area (Å²) < 4.78 is 0. The number of carbonyl (C=O) groups is 3. The number of carboxylic acids is 1. The fourth-order valence-corrected chi connectivity index (χ4v) is 2.51. The van der Waals surface area contributed by atoms with Crippen LogP contribution >= 0.6 is 0 Å². The van der Waals surface area contributed by atoms with E-state index in [0.717, 1.165) is 12.8 Å². The Morgan fingerprint density at radius 3 is 2.58 bits per heavy atom. The van der Waals surface area contributed by atoms with Crippen molar-refractivity contribution in [1.29, 1.82) is 0 Å². The molecule has 6 heteroatoms. The molecule has 19 heavy (non-hydrogen) atoms. The highest BCUT2D eigenvalue weighted by atomic mass is 16.4. The van der Waals surface area contributed by atoms with E-state index < -0.39 is 5.97 Å². The molecule has 0 spiro atoms. The fraction of sp³-hybridized carbons (Fsp3) is 0.769. The normalized spacial score (nSPS) is 22.7. The number of rotatable bonds is 6. The van der Waals surface area contributed by atoms with Crippen LogP contribution in [-0.4, -0.2) is 58.9 Å². The van der Waals surface area contributed by atoms with E-state index in [4.69, 9.17) is 5.11 Å². The van der Waals surface area contributed by atoms with Crippen molar-refractivity contribution >= 4 is 17.8 Å². The summed E-state index contributed by atoms with van der Waals surface area (Å²) in [5.41, 5.74) is 0. The Kier molecular flexibility index (Phi) is 4.07. The average molecular weight is 268 g/mol. The molecule has 106 valence electrons. The van der Waals surface area contributed by atoms with Gasteiger partial charge in [-0.15, -0.1) is 0 Å². The molecule has 2 fully saturated rings. The van der Waals surface area contributed by atoms with Crippen LogP contribution in [0, 0.1) is 11.8 Å². The lowest BCUT2D eigenvalue weighted by Crippen LogP contribution is -2.41. The minimum Gasteiger partial charge on any atom is -0.480 e. The minimum atomic E-state index is -0.995. The van der Waals surface area contributed by atoms with E-state index >= 15 is 0 Å². The maximum atomic E-state index is 12.3. The molecule has 2 rings (SSSR count). The first kappa shape index (κ1) is 13.8.